The van der Waals surface area contributed by atoms with Crippen LogP contribution in [0, 0.1) is 11.3 Å². The van der Waals surface area contributed by atoms with E-state index in [1.807, 2.05) is 26.0 Å². The average Bonchev–Trinajstić information content (AvgIpc) is 2.92. The molecule has 1 aromatic rings. The van der Waals surface area contributed by atoms with Gasteiger partial charge in [0.2, 0.25) is 5.91 Å². The second kappa shape index (κ2) is 11.8. The number of hydrogen-bond acceptors (Lipinski definition) is 5. The molecule has 0 saturated carbocycles. The number of likely N-dealkylation sites (tertiary alicyclic amines) is 1. The van der Waals surface area contributed by atoms with E-state index in [-0.39, 0.29) is 30.1 Å². The molecule has 1 saturated heterocycles. The number of amides is 1. The third-order valence-corrected chi connectivity index (χ3v) is 6.88. The molecule has 34 heavy (non-hydrogen) atoms. The smallest absolute Gasteiger partial charge is 0.326 e. The lowest BCUT2D eigenvalue weighted by atomic mass is 9.74. The molecule has 0 radical (unpaired) electrons. The van der Waals surface area contributed by atoms with E-state index in [1.54, 1.807) is 19.9 Å². The number of nitrogens with one attached hydrogen (secondary N) is 1. The molecular weight excluding hydrogens is 432 g/mol. The zero-order valence-corrected chi connectivity index (χ0v) is 21.6. The number of carbonyl (C=O) groups is 3. The van der Waals surface area contributed by atoms with E-state index in [2.05, 4.69) is 30.3 Å². The Kier molecular flexibility index (Phi) is 9.68. The van der Waals surface area contributed by atoms with Crippen LogP contribution in [0.1, 0.15) is 78.7 Å². The predicted octanol–water partition coefficient (Wildman–Crippen LogP) is 4.39. The maximum absolute atomic E-state index is 12.7. The van der Waals surface area contributed by atoms with E-state index < -0.39 is 23.4 Å². The lowest BCUT2D eigenvalue weighted by molar-refractivity contribution is -0.144. The Morgan fingerprint density at radius 2 is 1.91 bits per heavy atom. The first kappa shape index (κ1) is 27.8. The number of likely N-dealkylation sites (N-methyl/N-ethyl adjacent to an activating group) is 1. The van der Waals surface area contributed by atoms with Crippen LogP contribution in [-0.4, -0.2) is 54.0 Å². The van der Waals surface area contributed by atoms with Crippen molar-refractivity contribution < 1.29 is 24.2 Å². The highest BCUT2D eigenvalue weighted by atomic mass is 16.5. The Morgan fingerprint density at radius 3 is 2.53 bits per heavy atom. The second-order valence-corrected chi connectivity index (χ2v) is 11.0. The fourth-order valence-corrected chi connectivity index (χ4v) is 4.93. The monoisotopic (exact) mass is 474 g/mol. The summed E-state index contributed by atoms with van der Waals surface area (Å²) in [6.07, 6.45) is 4.58. The minimum Gasteiger partial charge on any atom is -0.480 e. The van der Waals surface area contributed by atoms with Crippen molar-refractivity contribution in [3.63, 3.8) is 0 Å². The van der Waals surface area contributed by atoms with Crippen molar-refractivity contribution in [1.29, 1.82) is 0 Å². The van der Waals surface area contributed by atoms with Gasteiger partial charge in [0.15, 0.2) is 0 Å². The minimum atomic E-state index is -1.06. The van der Waals surface area contributed by atoms with E-state index in [0.717, 1.165) is 25.9 Å². The summed E-state index contributed by atoms with van der Waals surface area (Å²) in [4.78, 5) is 38.9. The highest BCUT2D eigenvalue weighted by Crippen LogP contribution is 2.38. The fraction of sp³-hybridized carbons (Fsp3) is 0.667. The van der Waals surface area contributed by atoms with Crippen LogP contribution in [0.3, 0.4) is 0 Å². The molecule has 1 fully saturated rings. The molecule has 1 amide bonds. The molecule has 1 aliphatic rings. The fourth-order valence-electron chi connectivity index (χ4n) is 4.93. The van der Waals surface area contributed by atoms with Crippen LogP contribution in [-0.2, 0) is 19.8 Å². The van der Waals surface area contributed by atoms with Gasteiger partial charge in [-0.05, 0) is 61.9 Å². The van der Waals surface area contributed by atoms with Crippen molar-refractivity contribution in [1.82, 2.24) is 10.2 Å². The maximum atomic E-state index is 12.7. The Balaban J connectivity index is 2.04. The molecule has 0 aromatic heterocycles. The van der Waals surface area contributed by atoms with Crippen LogP contribution < -0.4 is 10.1 Å². The van der Waals surface area contributed by atoms with Crippen LogP contribution in [0.15, 0.2) is 24.3 Å². The number of aliphatic carboxylic acids is 1. The van der Waals surface area contributed by atoms with Gasteiger partial charge in [0.25, 0.3) is 0 Å². The molecule has 1 aromatic carbocycles. The molecule has 2 rings (SSSR count). The Labute approximate surface area is 204 Å². The summed E-state index contributed by atoms with van der Waals surface area (Å²) in [6.45, 7) is 11.4. The molecule has 1 unspecified atom stereocenters. The number of esters is 1. The van der Waals surface area contributed by atoms with Gasteiger partial charge in [0, 0.05) is 18.4 Å². The lowest BCUT2D eigenvalue weighted by Gasteiger charge is -2.35. The van der Waals surface area contributed by atoms with Gasteiger partial charge in [-0.2, -0.15) is 0 Å². The molecular formula is C27H42N2O5. The largest absolute Gasteiger partial charge is 0.480 e. The highest BCUT2D eigenvalue weighted by Gasteiger charge is 2.34. The summed E-state index contributed by atoms with van der Waals surface area (Å²) < 4.78 is 5.69. The van der Waals surface area contributed by atoms with Crippen molar-refractivity contribution in [3.8, 4) is 5.75 Å². The number of carboxylic acid groups (broad SMARTS) is 1. The van der Waals surface area contributed by atoms with Crippen molar-refractivity contribution in [2.75, 3.05) is 20.1 Å². The summed E-state index contributed by atoms with van der Waals surface area (Å²) in [5, 5.41) is 11.9. The molecule has 2 N–H and O–H groups in total. The number of benzene rings is 1. The summed E-state index contributed by atoms with van der Waals surface area (Å²) in [5.74, 6) is -1.57. The van der Waals surface area contributed by atoms with E-state index in [4.69, 9.17) is 4.74 Å². The van der Waals surface area contributed by atoms with E-state index in [9.17, 15) is 19.5 Å². The van der Waals surface area contributed by atoms with Gasteiger partial charge in [-0.1, -0.05) is 53.2 Å². The third-order valence-electron chi connectivity index (χ3n) is 6.88. The van der Waals surface area contributed by atoms with Crippen LogP contribution in [0.2, 0.25) is 0 Å². The van der Waals surface area contributed by atoms with Crippen molar-refractivity contribution in [3.05, 3.63) is 29.8 Å². The number of carbonyl (C=O) groups excluding carboxylic acids is 2. The molecule has 0 aliphatic carbocycles. The summed E-state index contributed by atoms with van der Waals surface area (Å²) in [5.41, 5.74) is 0.566. The molecule has 1 heterocycles. The quantitative estimate of drug-likeness (QED) is 0.386. The molecule has 0 bridgehead atoms. The highest BCUT2D eigenvalue weighted by molar-refractivity contribution is 5.84. The Morgan fingerprint density at radius 1 is 1.21 bits per heavy atom. The van der Waals surface area contributed by atoms with Gasteiger partial charge < -0.3 is 20.1 Å². The first-order valence-corrected chi connectivity index (χ1v) is 12.4. The van der Waals surface area contributed by atoms with Crippen LogP contribution >= 0.6 is 0 Å². The van der Waals surface area contributed by atoms with Gasteiger partial charge in [-0.3, -0.25) is 9.59 Å². The number of nitrogens with zero attached hydrogens (tertiary/aromatic N) is 1. The van der Waals surface area contributed by atoms with Gasteiger partial charge in [-0.25, -0.2) is 4.79 Å². The zero-order chi connectivity index (χ0) is 25.5. The van der Waals surface area contributed by atoms with Gasteiger partial charge in [0.1, 0.15) is 11.8 Å². The Hall–Kier alpha value is -2.41. The first-order chi connectivity index (χ1) is 15.9. The maximum Gasteiger partial charge on any atom is 0.326 e. The van der Waals surface area contributed by atoms with Gasteiger partial charge in [-0.15, -0.1) is 0 Å². The van der Waals surface area contributed by atoms with E-state index >= 15 is 0 Å². The topological polar surface area (TPSA) is 95.9 Å². The number of hydrogen-bond donors (Lipinski definition) is 2. The average molecular weight is 475 g/mol. The number of carboxylic acids is 1. The van der Waals surface area contributed by atoms with E-state index in [1.165, 1.54) is 18.4 Å². The second-order valence-electron chi connectivity index (χ2n) is 11.0. The van der Waals surface area contributed by atoms with Gasteiger partial charge >= 0.3 is 11.9 Å². The molecule has 7 heteroatoms. The summed E-state index contributed by atoms with van der Waals surface area (Å²) in [7, 11) is 2.16. The lowest BCUT2D eigenvalue weighted by Crippen LogP contribution is -2.45. The zero-order valence-electron chi connectivity index (χ0n) is 21.6. The first-order valence-electron chi connectivity index (χ1n) is 12.4. The van der Waals surface area contributed by atoms with Crippen molar-refractivity contribution in [2.45, 2.75) is 84.6 Å². The molecule has 2 atom stereocenters. The molecule has 0 spiro atoms. The summed E-state index contributed by atoms with van der Waals surface area (Å²) >= 11 is 0. The number of rotatable bonds is 10. The van der Waals surface area contributed by atoms with Crippen LogP contribution in [0.5, 0.6) is 5.75 Å². The molecule has 7 nitrogen and oxygen atoms in total. The molecule has 190 valence electrons. The predicted molar refractivity (Wildman–Crippen MR) is 133 cm³/mol. The number of ether oxygens (including phenoxy) is 1. The van der Waals surface area contributed by atoms with Crippen molar-refractivity contribution in [2.24, 2.45) is 11.3 Å². The molecule has 1 aliphatic heterocycles. The SMILES string of the molecule is CCC1(c2cccc(OC(=O)CC(C)(C)CC(=O)N[C@H](C(=O)O)C(C)C)c2)CCCCN(C)C1. The van der Waals surface area contributed by atoms with Crippen LogP contribution in [0.4, 0.5) is 0 Å². The van der Waals surface area contributed by atoms with Gasteiger partial charge in [0.05, 0.1) is 6.42 Å². The van der Waals surface area contributed by atoms with E-state index in [0.29, 0.717) is 5.75 Å². The third kappa shape index (κ3) is 7.83. The minimum absolute atomic E-state index is 0.0317. The van der Waals surface area contributed by atoms with Crippen molar-refractivity contribution >= 4 is 17.8 Å². The summed E-state index contributed by atoms with van der Waals surface area (Å²) in [6, 6.07) is 6.90. The Bertz CT molecular complexity index is 866. The van der Waals surface area contributed by atoms with Crippen LogP contribution in [0.25, 0.3) is 0 Å². The standard InChI is InChI=1S/C27H42N2O5/c1-7-27(13-8-9-14-29(6)18-27)20-11-10-12-21(15-20)34-23(31)17-26(4,5)16-22(30)28-24(19(2)3)25(32)33/h10-12,15,19,24H,7-9,13-14,16-18H2,1-6H3,(H,28,30)(H,32,33)/t24-,27?/m0/s1. The normalized spacial score (nSPS) is 20.4.